The van der Waals surface area contributed by atoms with E-state index in [9.17, 15) is 4.79 Å². The van der Waals surface area contributed by atoms with Gasteiger partial charge in [-0.1, -0.05) is 29.3 Å². The molecule has 1 aromatic carbocycles. The Morgan fingerprint density at radius 2 is 2.21 bits per heavy atom. The minimum atomic E-state index is -0.200. The van der Waals surface area contributed by atoms with E-state index in [0.717, 1.165) is 11.8 Å². The van der Waals surface area contributed by atoms with Crippen LogP contribution in [0.15, 0.2) is 18.2 Å². The topological polar surface area (TPSA) is 29.1 Å². The first kappa shape index (κ1) is 11.5. The van der Waals surface area contributed by atoms with Crippen LogP contribution in [0.3, 0.4) is 0 Å². The van der Waals surface area contributed by atoms with Gasteiger partial charge in [0.2, 0.25) is 0 Å². The van der Waals surface area contributed by atoms with Gasteiger partial charge in [-0.3, -0.25) is 0 Å². The van der Waals surface area contributed by atoms with E-state index >= 15 is 0 Å². The normalized spacial score (nSPS) is 12.5. The van der Waals surface area contributed by atoms with Crippen LogP contribution in [0.5, 0.6) is 0 Å². The molecule has 0 heterocycles. The molecule has 0 amide bonds. The minimum Gasteiger partial charge on any atom is -0.311 e. The fraction of sp³-hybridized carbons (Fsp3) is 0.300. The first-order chi connectivity index (χ1) is 6.67. The molecule has 0 aromatic heterocycles. The first-order valence-corrected chi connectivity index (χ1v) is 4.99. The van der Waals surface area contributed by atoms with Gasteiger partial charge in [-0.2, -0.15) is 0 Å². The highest BCUT2D eigenvalue weighted by atomic mass is 35.5. The Bertz CT molecular complexity index is 328. The van der Waals surface area contributed by atoms with Gasteiger partial charge < -0.3 is 10.1 Å². The van der Waals surface area contributed by atoms with Gasteiger partial charge in [0.1, 0.15) is 6.29 Å². The molecule has 1 aromatic rings. The quantitative estimate of drug-likeness (QED) is 0.807. The average molecular weight is 232 g/mol. The molecular weight excluding hydrogens is 221 g/mol. The van der Waals surface area contributed by atoms with Gasteiger partial charge in [0.25, 0.3) is 0 Å². The number of rotatable bonds is 4. The van der Waals surface area contributed by atoms with Crippen LogP contribution in [0, 0.1) is 0 Å². The third kappa shape index (κ3) is 2.98. The maximum Gasteiger partial charge on any atom is 0.137 e. The second-order valence-electron chi connectivity index (χ2n) is 2.97. The second-order valence-corrected chi connectivity index (χ2v) is 3.81. The van der Waals surface area contributed by atoms with Gasteiger partial charge in [0.05, 0.1) is 6.04 Å². The Morgan fingerprint density at radius 3 is 2.71 bits per heavy atom. The largest absolute Gasteiger partial charge is 0.311 e. The van der Waals surface area contributed by atoms with Crippen molar-refractivity contribution in [3.05, 3.63) is 33.8 Å². The molecule has 0 fully saturated rings. The number of carbonyl (C=O) groups is 1. The Balaban J connectivity index is 2.80. The van der Waals surface area contributed by atoms with Crippen LogP contribution in [0.2, 0.25) is 10.0 Å². The van der Waals surface area contributed by atoms with E-state index < -0.39 is 0 Å². The third-order valence-corrected chi connectivity index (χ3v) is 2.58. The molecule has 1 unspecified atom stereocenters. The standard InChI is InChI=1S/C10H11Cl2NO/c1-13-9(6-14)4-7-2-3-8(11)5-10(7)12/h2-3,5-6,9,13H,4H2,1H3. The highest BCUT2D eigenvalue weighted by Crippen LogP contribution is 2.21. The molecule has 0 aliphatic heterocycles. The van der Waals surface area contributed by atoms with Gasteiger partial charge in [0.15, 0.2) is 0 Å². The molecular formula is C10H11Cl2NO. The number of aldehydes is 1. The lowest BCUT2D eigenvalue weighted by Gasteiger charge is -2.10. The SMILES string of the molecule is CNC(C=O)Cc1ccc(Cl)cc1Cl. The molecule has 0 spiro atoms. The zero-order valence-electron chi connectivity index (χ0n) is 7.76. The lowest BCUT2D eigenvalue weighted by atomic mass is 10.1. The van der Waals surface area contributed by atoms with Crippen LogP contribution in [-0.4, -0.2) is 19.4 Å². The minimum absolute atomic E-state index is 0.200. The van der Waals surface area contributed by atoms with E-state index in [1.54, 1.807) is 19.2 Å². The van der Waals surface area contributed by atoms with Crippen LogP contribution in [0.25, 0.3) is 0 Å². The number of benzene rings is 1. The molecule has 4 heteroatoms. The summed E-state index contributed by atoms with van der Waals surface area (Å²) in [5.41, 5.74) is 0.919. The summed E-state index contributed by atoms with van der Waals surface area (Å²) in [5, 5.41) is 4.08. The van der Waals surface area contributed by atoms with E-state index in [-0.39, 0.29) is 6.04 Å². The number of nitrogens with one attached hydrogen (secondary N) is 1. The smallest absolute Gasteiger partial charge is 0.137 e. The molecule has 0 bridgehead atoms. The predicted molar refractivity (Wildman–Crippen MR) is 59.1 cm³/mol. The number of hydrogen-bond donors (Lipinski definition) is 1. The van der Waals surface area contributed by atoms with Crippen molar-refractivity contribution in [1.82, 2.24) is 5.32 Å². The molecule has 1 rings (SSSR count). The maximum atomic E-state index is 10.6. The highest BCUT2D eigenvalue weighted by molar-refractivity contribution is 6.35. The van der Waals surface area contributed by atoms with E-state index in [1.165, 1.54) is 0 Å². The van der Waals surface area contributed by atoms with Gasteiger partial charge in [-0.25, -0.2) is 0 Å². The van der Waals surface area contributed by atoms with Gasteiger partial charge in [-0.05, 0) is 31.2 Å². The van der Waals surface area contributed by atoms with Crippen LogP contribution < -0.4 is 5.32 Å². The van der Waals surface area contributed by atoms with Crippen LogP contribution in [-0.2, 0) is 11.2 Å². The molecule has 0 saturated heterocycles. The lowest BCUT2D eigenvalue weighted by Crippen LogP contribution is -2.28. The molecule has 76 valence electrons. The zero-order valence-corrected chi connectivity index (χ0v) is 9.27. The van der Waals surface area contributed by atoms with Crippen molar-refractivity contribution < 1.29 is 4.79 Å². The molecule has 2 nitrogen and oxygen atoms in total. The summed E-state index contributed by atoms with van der Waals surface area (Å²) in [6.45, 7) is 0. The highest BCUT2D eigenvalue weighted by Gasteiger charge is 2.08. The van der Waals surface area contributed by atoms with Crippen molar-refractivity contribution in [3.8, 4) is 0 Å². The fourth-order valence-electron chi connectivity index (χ4n) is 1.14. The number of hydrogen-bond acceptors (Lipinski definition) is 2. The summed E-state index contributed by atoms with van der Waals surface area (Å²) < 4.78 is 0. The molecule has 0 aliphatic carbocycles. The van der Waals surface area contributed by atoms with Gasteiger partial charge in [-0.15, -0.1) is 0 Å². The van der Waals surface area contributed by atoms with Crippen molar-refractivity contribution >= 4 is 29.5 Å². The summed E-state index contributed by atoms with van der Waals surface area (Å²) in [4.78, 5) is 10.6. The second kappa shape index (κ2) is 5.35. The fourth-order valence-corrected chi connectivity index (χ4v) is 1.63. The average Bonchev–Trinajstić information content (AvgIpc) is 2.17. The molecule has 1 N–H and O–H groups in total. The summed E-state index contributed by atoms with van der Waals surface area (Å²) in [7, 11) is 1.74. The molecule has 1 atom stereocenters. The Kier molecular flexibility index (Phi) is 4.39. The molecule has 0 aliphatic rings. The number of halogens is 2. The van der Waals surface area contributed by atoms with E-state index in [0.29, 0.717) is 16.5 Å². The molecule has 0 saturated carbocycles. The zero-order chi connectivity index (χ0) is 10.6. The molecule has 14 heavy (non-hydrogen) atoms. The van der Waals surface area contributed by atoms with E-state index in [1.807, 2.05) is 6.07 Å². The van der Waals surface area contributed by atoms with Crippen molar-refractivity contribution in [2.45, 2.75) is 12.5 Å². The first-order valence-electron chi connectivity index (χ1n) is 4.24. The third-order valence-electron chi connectivity index (χ3n) is 1.99. The van der Waals surface area contributed by atoms with Gasteiger partial charge in [0, 0.05) is 10.0 Å². The van der Waals surface area contributed by atoms with E-state index in [4.69, 9.17) is 23.2 Å². The van der Waals surface area contributed by atoms with Crippen molar-refractivity contribution in [2.24, 2.45) is 0 Å². The van der Waals surface area contributed by atoms with Crippen molar-refractivity contribution in [3.63, 3.8) is 0 Å². The Morgan fingerprint density at radius 1 is 1.50 bits per heavy atom. The number of carbonyl (C=O) groups excluding carboxylic acids is 1. The van der Waals surface area contributed by atoms with E-state index in [2.05, 4.69) is 5.32 Å². The van der Waals surface area contributed by atoms with Crippen molar-refractivity contribution in [2.75, 3.05) is 7.05 Å². The predicted octanol–water partition coefficient (Wildman–Crippen LogP) is 2.32. The summed E-state index contributed by atoms with van der Waals surface area (Å²) in [6, 6.07) is 5.07. The monoisotopic (exact) mass is 231 g/mol. The summed E-state index contributed by atoms with van der Waals surface area (Å²) >= 11 is 11.7. The summed E-state index contributed by atoms with van der Waals surface area (Å²) in [5.74, 6) is 0. The van der Waals surface area contributed by atoms with Gasteiger partial charge >= 0.3 is 0 Å². The van der Waals surface area contributed by atoms with Crippen LogP contribution >= 0.6 is 23.2 Å². The Hall–Kier alpha value is -0.570. The number of likely N-dealkylation sites (N-methyl/N-ethyl adjacent to an activating group) is 1. The summed E-state index contributed by atoms with van der Waals surface area (Å²) in [6.07, 6.45) is 1.45. The maximum absolute atomic E-state index is 10.6. The Labute approximate surface area is 93.2 Å². The van der Waals surface area contributed by atoms with Crippen LogP contribution in [0.1, 0.15) is 5.56 Å². The van der Waals surface area contributed by atoms with Crippen LogP contribution in [0.4, 0.5) is 0 Å². The van der Waals surface area contributed by atoms with Crippen molar-refractivity contribution in [1.29, 1.82) is 0 Å². The molecule has 0 radical (unpaired) electrons. The lowest BCUT2D eigenvalue weighted by molar-refractivity contribution is -0.109.